The molecule has 0 amide bonds. The van der Waals surface area contributed by atoms with Crippen LogP contribution in [0.4, 0.5) is 0 Å². The van der Waals surface area contributed by atoms with Crippen LogP contribution < -0.4 is 0 Å². The molecule has 0 unspecified atom stereocenters. The molecule has 4 heteroatoms. The molecule has 120 valence electrons. The van der Waals surface area contributed by atoms with Gasteiger partial charge in [-0.1, -0.05) is 30.3 Å². The average molecular weight is 317 g/mol. The van der Waals surface area contributed by atoms with Gasteiger partial charge in [0.1, 0.15) is 0 Å². The third kappa shape index (κ3) is 2.65. The summed E-state index contributed by atoms with van der Waals surface area (Å²) in [5, 5.41) is 17.8. The lowest BCUT2D eigenvalue weighted by Crippen LogP contribution is -2.26. The zero-order valence-electron chi connectivity index (χ0n) is 13.8. The van der Waals surface area contributed by atoms with Crippen molar-refractivity contribution in [1.82, 2.24) is 14.8 Å². The zero-order valence-corrected chi connectivity index (χ0v) is 13.8. The molecule has 2 heterocycles. The van der Waals surface area contributed by atoms with Crippen LogP contribution in [-0.2, 0) is 6.54 Å². The zero-order chi connectivity index (χ0) is 16.7. The first-order valence-electron chi connectivity index (χ1n) is 8.02. The normalized spacial score (nSPS) is 12.1. The Hall–Kier alpha value is -2.72. The highest BCUT2D eigenvalue weighted by atomic mass is 16.3. The molecule has 0 spiro atoms. The summed E-state index contributed by atoms with van der Waals surface area (Å²) in [5.74, 6) is 0. The molecular weight excluding hydrogens is 298 g/mol. The fraction of sp³-hybridized carbons (Fsp3) is 0.200. The molecule has 4 nitrogen and oxygen atoms in total. The van der Waals surface area contributed by atoms with Crippen LogP contribution in [0.25, 0.3) is 32.8 Å². The Morgan fingerprint density at radius 2 is 1.83 bits per heavy atom. The van der Waals surface area contributed by atoms with Gasteiger partial charge in [-0.2, -0.15) is 5.10 Å². The number of hydrogen-bond donors (Lipinski definition) is 1. The lowest BCUT2D eigenvalue weighted by molar-refractivity contribution is 0.0591. The minimum atomic E-state index is -0.794. The van der Waals surface area contributed by atoms with Crippen LogP contribution in [-0.4, -0.2) is 25.5 Å². The molecule has 4 aromatic rings. The van der Waals surface area contributed by atoms with E-state index in [2.05, 4.69) is 40.4 Å². The van der Waals surface area contributed by atoms with Gasteiger partial charge in [0.05, 0.1) is 23.9 Å². The molecule has 0 atom stereocenters. The maximum atomic E-state index is 10.0. The summed E-state index contributed by atoms with van der Waals surface area (Å²) >= 11 is 0. The fourth-order valence-corrected chi connectivity index (χ4v) is 3.09. The van der Waals surface area contributed by atoms with E-state index < -0.39 is 5.60 Å². The second-order valence-corrected chi connectivity index (χ2v) is 6.80. The van der Waals surface area contributed by atoms with E-state index in [9.17, 15) is 5.11 Å². The van der Waals surface area contributed by atoms with Gasteiger partial charge >= 0.3 is 0 Å². The van der Waals surface area contributed by atoms with Crippen LogP contribution in [0.3, 0.4) is 0 Å². The Morgan fingerprint density at radius 3 is 2.67 bits per heavy atom. The minimum absolute atomic E-state index is 0.464. The second kappa shape index (κ2) is 5.42. The first kappa shape index (κ1) is 14.8. The van der Waals surface area contributed by atoms with Gasteiger partial charge in [0.15, 0.2) is 0 Å². The standard InChI is InChI=1S/C20H19N3O/c1-20(2,24)13-23-19-8-7-14(9-16(19)11-22-23)18-12-21-10-15-5-3-4-6-17(15)18/h3-12,24H,13H2,1-2H3. The molecule has 0 aliphatic carbocycles. The summed E-state index contributed by atoms with van der Waals surface area (Å²) in [7, 11) is 0. The molecule has 2 aromatic heterocycles. The third-order valence-corrected chi connectivity index (χ3v) is 4.16. The predicted molar refractivity (Wildman–Crippen MR) is 96.8 cm³/mol. The second-order valence-electron chi connectivity index (χ2n) is 6.80. The number of fused-ring (bicyclic) bond motifs is 2. The van der Waals surface area contributed by atoms with Crippen LogP contribution >= 0.6 is 0 Å². The average Bonchev–Trinajstić information content (AvgIpc) is 2.95. The van der Waals surface area contributed by atoms with Gasteiger partial charge in [0, 0.05) is 28.7 Å². The van der Waals surface area contributed by atoms with E-state index in [1.807, 2.05) is 35.4 Å². The highest BCUT2D eigenvalue weighted by molar-refractivity contribution is 5.97. The van der Waals surface area contributed by atoms with Crippen molar-refractivity contribution in [3.8, 4) is 11.1 Å². The number of nitrogens with zero attached hydrogens (tertiary/aromatic N) is 3. The maximum Gasteiger partial charge on any atom is 0.0787 e. The van der Waals surface area contributed by atoms with Crippen molar-refractivity contribution in [2.75, 3.05) is 0 Å². The summed E-state index contributed by atoms with van der Waals surface area (Å²) < 4.78 is 1.85. The fourth-order valence-electron chi connectivity index (χ4n) is 3.09. The van der Waals surface area contributed by atoms with Crippen molar-refractivity contribution >= 4 is 21.7 Å². The van der Waals surface area contributed by atoms with Gasteiger partial charge < -0.3 is 5.11 Å². The smallest absolute Gasteiger partial charge is 0.0787 e. The summed E-state index contributed by atoms with van der Waals surface area (Å²) in [6.07, 6.45) is 5.65. The number of hydrogen-bond acceptors (Lipinski definition) is 3. The molecule has 0 fully saturated rings. The lowest BCUT2D eigenvalue weighted by Gasteiger charge is -2.17. The van der Waals surface area contributed by atoms with E-state index in [0.29, 0.717) is 6.54 Å². The minimum Gasteiger partial charge on any atom is -0.389 e. The quantitative estimate of drug-likeness (QED) is 0.621. The van der Waals surface area contributed by atoms with Gasteiger partial charge in [0.25, 0.3) is 0 Å². The van der Waals surface area contributed by atoms with E-state index >= 15 is 0 Å². The lowest BCUT2D eigenvalue weighted by atomic mass is 10.00. The topological polar surface area (TPSA) is 50.9 Å². The molecule has 0 saturated heterocycles. The summed E-state index contributed by atoms with van der Waals surface area (Å²) in [5.41, 5.74) is 2.46. The van der Waals surface area contributed by atoms with Crippen molar-refractivity contribution < 1.29 is 5.11 Å². The first-order chi connectivity index (χ1) is 11.5. The highest BCUT2D eigenvalue weighted by Gasteiger charge is 2.16. The van der Waals surface area contributed by atoms with Crippen molar-refractivity contribution in [1.29, 1.82) is 0 Å². The maximum absolute atomic E-state index is 10.0. The Kier molecular flexibility index (Phi) is 3.36. The number of rotatable bonds is 3. The third-order valence-electron chi connectivity index (χ3n) is 4.16. The molecule has 0 saturated carbocycles. The predicted octanol–water partition coefficient (Wildman–Crippen LogP) is 4.02. The number of benzene rings is 2. The molecule has 24 heavy (non-hydrogen) atoms. The number of aliphatic hydroxyl groups is 1. The molecule has 4 rings (SSSR count). The molecule has 0 aliphatic heterocycles. The molecule has 0 aliphatic rings. The van der Waals surface area contributed by atoms with E-state index in [1.165, 1.54) is 5.39 Å². The van der Waals surface area contributed by atoms with Crippen LogP contribution in [0.15, 0.2) is 61.1 Å². The Bertz CT molecular complexity index is 1020. The summed E-state index contributed by atoms with van der Waals surface area (Å²) in [4.78, 5) is 4.37. The molecule has 0 bridgehead atoms. The Labute approximate surface area is 140 Å². The number of pyridine rings is 1. The summed E-state index contributed by atoms with van der Waals surface area (Å²) in [6, 6.07) is 14.6. The van der Waals surface area contributed by atoms with Gasteiger partial charge in [0.2, 0.25) is 0 Å². The Balaban J connectivity index is 1.84. The van der Waals surface area contributed by atoms with Crippen LogP contribution in [0.2, 0.25) is 0 Å². The largest absolute Gasteiger partial charge is 0.389 e. The van der Waals surface area contributed by atoms with Crippen molar-refractivity contribution in [3.05, 3.63) is 61.1 Å². The first-order valence-corrected chi connectivity index (χ1v) is 8.02. The molecule has 1 N–H and O–H groups in total. The SMILES string of the molecule is CC(C)(O)Cn1ncc2cc(-c3cncc4ccccc34)ccc21. The molecular formula is C20H19N3O. The van der Waals surface area contributed by atoms with E-state index in [-0.39, 0.29) is 0 Å². The summed E-state index contributed by atoms with van der Waals surface area (Å²) in [6.45, 7) is 4.04. The van der Waals surface area contributed by atoms with E-state index in [1.54, 1.807) is 13.8 Å². The van der Waals surface area contributed by atoms with Crippen molar-refractivity contribution in [2.45, 2.75) is 26.0 Å². The van der Waals surface area contributed by atoms with Crippen LogP contribution in [0, 0.1) is 0 Å². The molecule has 2 aromatic carbocycles. The van der Waals surface area contributed by atoms with Crippen molar-refractivity contribution in [2.24, 2.45) is 0 Å². The monoisotopic (exact) mass is 317 g/mol. The van der Waals surface area contributed by atoms with Gasteiger partial charge in [-0.05, 0) is 36.9 Å². The van der Waals surface area contributed by atoms with Crippen LogP contribution in [0.1, 0.15) is 13.8 Å². The highest BCUT2D eigenvalue weighted by Crippen LogP contribution is 2.30. The van der Waals surface area contributed by atoms with E-state index in [4.69, 9.17) is 0 Å². The van der Waals surface area contributed by atoms with Crippen molar-refractivity contribution in [3.63, 3.8) is 0 Å². The van der Waals surface area contributed by atoms with Crippen LogP contribution in [0.5, 0.6) is 0 Å². The van der Waals surface area contributed by atoms with Gasteiger partial charge in [-0.15, -0.1) is 0 Å². The molecule has 0 radical (unpaired) electrons. The Morgan fingerprint density at radius 1 is 1.00 bits per heavy atom. The van der Waals surface area contributed by atoms with Gasteiger partial charge in [-0.3, -0.25) is 9.67 Å². The van der Waals surface area contributed by atoms with E-state index in [0.717, 1.165) is 27.4 Å². The number of aromatic nitrogens is 3. The van der Waals surface area contributed by atoms with Gasteiger partial charge in [-0.25, -0.2) is 0 Å².